The van der Waals surface area contributed by atoms with Crippen molar-refractivity contribution in [2.24, 2.45) is 0 Å². The van der Waals surface area contributed by atoms with Gasteiger partial charge in [0, 0.05) is 0 Å². The summed E-state index contributed by atoms with van der Waals surface area (Å²) in [7, 11) is 0. The normalized spacial score (nSPS) is 9.28. The van der Waals surface area contributed by atoms with Crippen LogP contribution in [0.3, 0.4) is 0 Å². The van der Waals surface area contributed by atoms with Gasteiger partial charge in [0.05, 0.1) is 33.4 Å². The van der Waals surface area contributed by atoms with Gasteiger partial charge in [0.25, 0.3) is 0 Å². The number of hydrogen-bond acceptors (Lipinski definition) is 24. The fraction of sp³-hybridized carbons (Fsp3) is 0. The molecule has 0 saturated heterocycles. The van der Waals surface area contributed by atoms with E-state index in [0.717, 1.165) is 72.8 Å². The van der Waals surface area contributed by atoms with Crippen molar-refractivity contribution in [1.82, 2.24) is 0 Å². The quantitative estimate of drug-likeness (QED) is 0.0840. The Morgan fingerprint density at radius 2 is 0.307 bits per heavy atom. The third-order valence-electron chi connectivity index (χ3n) is 7.78. The maximum absolute atomic E-state index is 10.7. The molecule has 6 rings (SSSR count). The van der Waals surface area contributed by atoms with Gasteiger partial charge in [0.2, 0.25) is 0 Å². The fourth-order valence-corrected chi connectivity index (χ4v) is 4.33. The predicted molar refractivity (Wildman–Crippen MR) is 229 cm³/mol. The monoisotopic (exact) mass is 1210 g/mol. The van der Waals surface area contributed by atoms with Crippen LogP contribution in [0.5, 0.6) is 103 Å². The average Bonchev–Trinajstić information content (AvgIpc) is 3.29. The zero-order chi connectivity index (χ0) is 55.8. The Morgan fingerprint density at radius 3 is 0.360 bits per heavy atom. The molecule has 0 bridgehead atoms. The minimum absolute atomic E-state index is 0. The first-order valence-electron chi connectivity index (χ1n) is 17.9. The molecule has 0 unspecified atom stereocenters. The van der Waals surface area contributed by atoms with Crippen LogP contribution >= 0.6 is 0 Å². The van der Waals surface area contributed by atoms with Gasteiger partial charge in [-0.15, -0.1) is 0 Å². The van der Waals surface area contributed by atoms with Crippen molar-refractivity contribution in [3.05, 3.63) is 106 Å². The minimum Gasteiger partial charge on any atom is -0.867 e. The van der Waals surface area contributed by atoms with E-state index >= 15 is 0 Å². The minimum atomic E-state index is -1.32. The predicted octanol–water partition coefficient (Wildman–Crippen LogP) is -1.55. The molecule has 75 heavy (non-hydrogen) atoms. The number of aromatic hydroxyl groups is 12. The van der Waals surface area contributed by atoms with E-state index in [1.54, 1.807) is 0 Å². The summed E-state index contributed by atoms with van der Waals surface area (Å²) >= 11 is 0. The van der Waals surface area contributed by atoms with Gasteiger partial charge < -0.3 is 123 Å². The molecule has 0 spiro atoms. The van der Waals surface area contributed by atoms with Crippen LogP contribution in [-0.2, 0) is 19.5 Å². The maximum atomic E-state index is 10.7. The van der Waals surface area contributed by atoms with Crippen LogP contribution in [0, 0.1) is 0 Å². The van der Waals surface area contributed by atoms with Crippen molar-refractivity contribution in [2.45, 2.75) is 0 Å². The number of phenolic OH excluding ortho intramolecular Hbond substituents is 12. The third kappa shape index (κ3) is 21.5. The molecule has 0 atom stereocenters. The maximum Gasteiger partial charge on any atom is 2.00 e. The number of rotatable bonds is 6. The first kappa shape index (κ1) is 71.2. The average molecular weight is 1210 g/mol. The van der Waals surface area contributed by atoms with E-state index in [-0.39, 0.29) is 136 Å². The summed E-state index contributed by atoms with van der Waals surface area (Å²) in [4.78, 5) is 61.8. The first-order chi connectivity index (χ1) is 33.1. The van der Waals surface area contributed by atoms with Crippen molar-refractivity contribution < 1.29 is 171 Å². The van der Waals surface area contributed by atoms with Crippen molar-refractivity contribution in [2.75, 3.05) is 0 Å². The van der Waals surface area contributed by atoms with Crippen LogP contribution in [0.25, 0.3) is 0 Å². The van der Waals surface area contributed by atoms with Gasteiger partial charge >= 0.3 is 139 Å². The Morgan fingerprint density at radius 1 is 0.240 bits per heavy atom. The molecule has 0 aliphatic rings. The number of benzene rings is 6. The van der Waals surface area contributed by atoms with Crippen LogP contribution in [0.2, 0.25) is 0 Å². The number of carboxylic acid groups (broad SMARTS) is 6. The molecule has 0 saturated carbocycles. The summed E-state index contributed by atoms with van der Waals surface area (Å²) in [5, 5.41) is 220. The molecule has 384 valence electrons. The molecule has 6 aromatic carbocycles. The Kier molecular flexibility index (Phi) is 29.9. The molecule has 0 radical (unpaired) electrons. The second-order valence-electron chi connectivity index (χ2n) is 12.9. The number of hydrogen-bond donors (Lipinski definition) is 18. The molecule has 0 fully saturated rings. The molecule has 0 heterocycles. The van der Waals surface area contributed by atoms with E-state index < -0.39 is 139 Å². The van der Waals surface area contributed by atoms with Crippen molar-refractivity contribution in [1.29, 1.82) is 0 Å². The van der Waals surface area contributed by atoms with E-state index in [1.165, 1.54) is 0 Å². The number of carbonyl (C=O) groups is 6. The van der Waals surface area contributed by atoms with E-state index in [9.17, 15) is 59.4 Å². The number of aromatic carboxylic acids is 6. The number of phenols is 12. The van der Waals surface area contributed by atoms with E-state index in [0.29, 0.717) is 0 Å². The van der Waals surface area contributed by atoms with Crippen molar-refractivity contribution >= 4 is 119 Å². The summed E-state index contributed by atoms with van der Waals surface area (Å²) in [5.41, 5.74) is -1.97. The first-order valence-corrected chi connectivity index (χ1v) is 17.9. The molecular formula is C42H30CaO30SrZn. The van der Waals surface area contributed by atoms with Gasteiger partial charge in [-0.05, 0) is 107 Å². The largest absolute Gasteiger partial charge is 2.00 e. The van der Waals surface area contributed by atoms with Crippen LogP contribution in [0.4, 0.5) is 0 Å². The van der Waals surface area contributed by atoms with Crippen LogP contribution in [0.1, 0.15) is 62.1 Å². The topological polar surface area (TPSA) is 605 Å². The van der Waals surface area contributed by atoms with Gasteiger partial charge in [-0.25, -0.2) is 28.8 Å². The molecule has 18 N–H and O–H groups in total. The fourth-order valence-electron chi connectivity index (χ4n) is 4.33. The zero-order valence-electron chi connectivity index (χ0n) is 37.0. The second-order valence-corrected chi connectivity index (χ2v) is 12.9. The van der Waals surface area contributed by atoms with Gasteiger partial charge in [0.1, 0.15) is 69.0 Å². The van der Waals surface area contributed by atoms with Gasteiger partial charge in [0.15, 0.2) is 0 Å². The van der Waals surface area contributed by atoms with Crippen molar-refractivity contribution in [3.8, 4) is 103 Å². The van der Waals surface area contributed by atoms with Gasteiger partial charge in [-0.1, -0.05) is 0 Å². The van der Waals surface area contributed by atoms with E-state index in [4.69, 9.17) is 91.9 Å². The molecule has 33 heteroatoms. The molecule has 0 amide bonds. The summed E-state index contributed by atoms with van der Waals surface area (Å²) in [6.45, 7) is 0. The summed E-state index contributed by atoms with van der Waals surface area (Å²) in [6, 6.07) is 9.39. The summed E-state index contributed by atoms with van der Waals surface area (Å²) < 4.78 is 0. The van der Waals surface area contributed by atoms with Crippen LogP contribution < -0.4 is 30.6 Å². The standard InChI is InChI=1S/6C7H6O5.Ca.Sr.Zn/c6*8-4-1-3(7(11)12)2-5(9)6(4)10;;;/h6*1-2,8-10H,(H,11,12);;;/q;;;;;;3*+2/p-6. The third-order valence-corrected chi connectivity index (χ3v) is 7.78. The van der Waals surface area contributed by atoms with Crippen LogP contribution in [-0.4, -0.2) is 211 Å². The summed E-state index contributed by atoms with van der Waals surface area (Å²) in [5.74, 6) is -23.0. The Balaban J connectivity index is -0.000000823. The molecular weight excluding hydrogens is 1180 g/mol. The van der Waals surface area contributed by atoms with Crippen LogP contribution in [0.15, 0.2) is 72.8 Å². The van der Waals surface area contributed by atoms with E-state index in [2.05, 4.69) is 0 Å². The molecule has 0 aromatic heterocycles. The molecule has 6 aromatic rings. The second kappa shape index (κ2) is 31.5. The van der Waals surface area contributed by atoms with E-state index in [1.807, 2.05) is 0 Å². The Hall–Kier alpha value is -8.10. The van der Waals surface area contributed by atoms with Gasteiger partial charge in [-0.2, -0.15) is 0 Å². The molecule has 0 aliphatic heterocycles. The molecule has 0 aliphatic carbocycles. The van der Waals surface area contributed by atoms with Crippen molar-refractivity contribution in [3.63, 3.8) is 0 Å². The smallest absolute Gasteiger partial charge is 0.867 e. The summed E-state index contributed by atoms with van der Waals surface area (Å²) in [6.07, 6.45) is 0. The van der Waals surface area contributed by atoms with Gasteiger partial charge in [-0.3, -0.25) is 0 Å². The SMILES string of the molecule is O=C(O)c1cc(O)c([O-])c(O)c1.O=C(O)c1cc(O)c([O-])c(O)c1.O=C(O)c1cc(O)c([O-])c(O)c1.O=C(O)c1cc(O)c([O-])c(O)c1.O=C(O)c1cc(O)c([O-])c(O)c1.O=C(O)c1cc(O)c([O-])c(O)c1.[Ca+2].[Sr+2].[Zn+2]. The Bertz CT molecular complexity index is 2390. The Labute approximate surface area is 494 Å². The molecule has 30 nitrogen and oxygen atoms in total. The number of carboxylic acids is 6. The zero-order valence-corrected chi connectivity index (χ0v) is 45.7.